The number of carbonyl (C=O) groups excluding carboxylic acids is 3. The van der Waals surface area contributed by atoms with Crippen molar-refractivity contribution < 1.29 is 47.9 Å². The lowest BCUT2D eigenvalue weighted by Crippen LogP contribution is -2.59. The molecule has 2 saturated heterocycles. The van der Waals surface area contributed by atoms with Crippen molar-refractivity contribution in [2.75, 3.05) is 27.3 Å². The molecule has 1 N–H and O–H groups in total. The highest BCUT2D eigenvalue weighted by Gasteiger charge is 2.51. The summed E-state index contributed by atoms with van der Waals surface area (Å²) in [6.07, 6.45) is 4.06. The number of carbonyl (C=O) groups is 3. The normalized spacial score (nSPS) is 38.5. The van der Waals surface area contributed by atoms with E-state index >= 15 is 0 Å². The summed E-state index contributed by atoms with van der Waals surface area (Å²) in [6, 6.07) is 9.70. The van der Waals surface area contributed by atoms with Crippen LogP contribution in [0.25, 0.3) is 6.08 Å². The van der Waals surface area contributed by atoms with E-state index in [-0.39, 0.29) is 25.4 Å². The largest absolute Gasteiger partial charge is 0.459 e. The third-order valence-corrected chi connectivity index (χ3v) is 11.4. The molecule has 4 rings (SSSR count). The number of esters is 2. The number of ether oxygens (including phenoxy) is 6. The van der Waals surface area contributed by atoms with Crippen molar-refractivity contribution in [3.05, 3.63) is 65.3 Å². The van der Waals surface area contributed by atoms with E-state index in [0.717, 1.165) is 11.1 Å². The number of benzene rings is 1. The predicted octanol–water partition coefficient (Wildman–Crippen LogP) is 6.50. The molecule has 0 saturated carbocycles. The van der Waals surface area contributed by atoms with Crippen molar-refractivity contribution in [1.82, 2.24) is 4.90 Å². The molecule has 3 aliphatic rings. The number of hydrogen-bond donors (Lipinski definition) is 1. The van der Waals surface area contributed by atoms with Crippen LogP contribution in [0.4, 0.5) is 0 Å². The molecule has 1 aromatic rings. The van der Waals surface area contributed by atoms with E-state index in [1.165, 1.54) is 13.8 Å². The van der Waals surface area contributed by atoms with Gasteiger partial charge in [-0.2, -0.15) is 0 Å². The first-order valence-corrected chi connectivity index (χ1v) is 20.3. The molecular formula is C45H66N2O10. The van der Waals surface area contributed by atoms with Crippen molar-refractivity contribution >= 4 is 29.6 Å². The smallest absolute Gasteiger partial charge is 0.312 e. The zero-order valence-corrected chi connectivity index (χ0v) is 36.0. The van der Waals surface area contributed by atoms with Crippen LogP contribution < -0.4 is 0 Å². The van der Waals surface area contributed by atoms with Crippen LogP contribution >= 0.6 is 0 Å². The molecule has 2 bridgehead atoms. The minimum Gasteiger partial charge on any atom is -0.459 e. The van der Waals surface area contributed by atoms with Gasteiger partial charge in [-0.3, -0.25) is 14.4 Å². The molecule has 0 aromatic heterocycles. The van der Waals surface area contributed by atoms with Gasteiger partial charge in [0.25, 0.3) is 0 Å². The van der Waals surface area contributed by atoms with E-state index in [0.29, 0.717) is 30.5 Å². The standard InChI is InChI=1S/C45H66N2O10/c1-13-37-45(10,51)41-31(6)38(46-32(7)48)29(4)24-44(9,53-26-35(25-52-41)21-17-20-34-18-15-14-16-19-34)40(27(2)22-28(3)42(50)56-37)57-43-39(55-33(8)49)36(47(11)12)23-30(5)54-43/h14-22,28-31,36-37,39-41,43,51H,13,23-26H2,1-12H3/b20-17+,27-22+,35-21+,46-38?/t28?,29-,30-,31+,36+,37-,39-,40-,41+,43+,44-,45-/m1/s1. The SMILES string of the molecule is CC[C@H]1OC(=O)C(C)/C=C(\C)[C@@H](O[C@@H]2O[C@H](C)C[C@H](N(C)C)[C@H]2OC(C)=O)[C@@]2(C)C[C@@H](C)C(=NC(C)=O)[C@H](C)[C@H](OC/C(=C\C=C\c3ccccc3)CO2)[C@]1(C)O. The molecule has 2 fully saturated rings. The van der Waals surface area contributed by atoms with Gasteiger partial charge in [-0.1, -0.05) is 75.4 Å². The summed E-state index contributed by atoms with van der Waals surface area (Å²) >= 11 is 0. The fraction of sp³-hybridized carbons (Fsp3) is 0.644. The number of cyclic esters (lactones) is 1. The van der Waals surface area contributed by atoms with Crippen molar-refractivity contribution in [2.45, 2.75) is 143 Å². The van der Waals surface area contributed by atoms with E-state index in [1.54, 1.807) is 19.9 Å². The Morgan fingerprint density at radius 1 is 1.07 bits per heavy atom. The summed E-state index contributed by atoms with van der Waals surface area (Å²) in [5.74, 6) is -3.15. The van der Waals surface area contributed by atoms with Crippen LogP contribution in [-0.4, -0.2) is 115 Å². The van der Waals surface area contributed by atoms with Gasteiger partial charge in [0.05, 0.1) is 43.0 Å². The first-order valence-electron chi connectivity index (χ1n) is 20.3. The Kier molecular flexibility index (Phi) is 16.2. The fourth-order valence-corrected chi connectivity index (χ4v) is 8.64. The minimum atomic E-state index is -1.69. The highest BCUT2D eigenvalue weighted by atomic mass is 16.7. The van der Waals surface area contributed by atoms with Gasteiger partial charge in [0.2, 0.25) is 5.91 Å². The lowest BCUT2D eigenvalue weighted by atomic mass is 9.75. The van der Waals surface area contributed by atoms with E-state index in [4.69, 9.17) is 28.4 Å². The number of nitrogens with zero attached hydrogens (tertiary/aromatic N) is 2. The van der Waals surface area contributed by atoms with Crippen molar-refractivity contribution in [3.63, 3.8) is 0 Å². The summed E-state index contributed by atoms with van der Waals surface area (Å²) in [6.45, 7) is 17.8. The number of fused-ring (bicyclic) bond motifs is 5. The first kappa shape index (κ1) is 46.2. The Balaban J connectivity index is 1.99. The van der Waals surface area contributed by atoms with E-state index in [9.17, 15) is 19.5 Å². The quantitative estimate of drug-likeness (QED) is 0.239. The number of likely N-dealkylation sites (N-methyl/N-ethyl adjacent to an activating group) is 1. The van der Waals surface area contributed by atoms with Crippen LogP contribution in [0.5, 0.6) is 0 Å². The third-order valence-electron chi connectivity index (χ3n) is 11.4. The van der Waals surface area contributed by atoms with Gasteiger partial charge in [0.1, 0.15) is 17.8 Å². The van der Waals surface area contributed by atoms with Gasteiger partial charge in [-0.05, 0) is 90.6 Å². The summed E-state index contributed by atoms with van der Waals surface area (Å²) in [7, 11) is 3.86. The summed E-state index contributed by atoms with van der Waals surface area (Å²) in [4.78, 5) is 45.9. The Morgan fingerprint density at radius 2 is 1.75 bits per heavy atom. The zero-order chi connectivity index (χ0) is 42.2. The van der Waals surface area contributed by atoms with Crippen LogP contribution in [0.15, 0.2) is 64.7 Å². The molecule has 12 heteroatoms. The van der Waals surface area contributed by atoms with Gasteiger partial charge in [0, 0.05) is 25.5 Å². The molecule has 1 unspecified atom stereocenters. The number of aliphatic hydroxyl groups is 1. The molecule has 0 aliphatic carbocycles. The lowest BCUT2D eigenvalue weighted by molar-refractivity contribution is -0.287. The number of rotatable bonds is 7. The molecule has 0 spiro atoms. The van der Waals surface area contributed by atoms with Crippen molar-refractivity contribution in [2.24, 2.45) is 22.7 Å². The molecule has 316 valence electrons. The average molecular weight is 795 g/mol. The molecule has 3 heterocycles. The monoisotopic (exact) mass is 794 g/mol. The molecule has 1 amide bonds. The van der Waals surface area contributed by atoms with Gasteiger partial charge < -0.3 is 38.4 Å². The summed E-state index contributed by atoms with van der Waals surface area (Å²) in [5.41, 5.74) is 0.0944. The van der Waals surface area contributed by atoms with Crippen molar-refractivity contribution in [1.29, 1.82) is 0 Å². The van der Waals surface area contributed by atoms with Crippen LogP contribution in [0.2, 0.25) is 0 Å². The van der Waals surface area contributed by atoms with Crippen LogP contribution in [0.1, 0.15) is 94.1 Å². The number of hydrogen-bond acceptors (Lipinski definition) is 11. The maximum absolute atomic E-state index is 13.9. The Bertz CT molecular complexity index is 1670. The number of aliphatic imine (C=N–C) groups is 1. The molecule has 12 nitrogen and oxygen atoms in total. The Hall–Kier alpha value is -3.52. The minimum absolute atomic E-state index is 0.0471. The zero-order valence-electron chi connectivity index (χ0n) is 36.0. The number of amides is 1. The van der Waals surface area contributed by atoms with E-state index in [2.05, 4.69) is 4.99 Å². The predicted molar refractivity (Wildman–Crippen MR) is 219 cm³/mol. The average Bonchev–Trinajstić information content (AvgIpc) is 3.14. The number of allylic oxidation sites excluding steroid dienone is 2. The first-order chi connectivity index (χ1) is 26.8. The second-order valence-corrected chi connectivity index (χ2v) is 16.8. The molecule has 3 aliphatic heterocycles. The highest BCUT2D eigenvalue weighted by Crippen LogP contribution is 2.40. The van der Waals surface area contributed by atoms with Gasteiger partial charge in [-0.15, -0.1) is 0 Å². The topological polar surface area (TPSA) is 142 Å². The second-order valence-electron chi connectivity index (χ2n) is 16.8. The molecular weight excluding hydrogens is 728 g/mol. The Morgan fingerprint density at radius 3 is 2.37 bits per heavy atom. The molecule has 12 atom stereocenters. The lowest BCUT2D eigenvalue weighted by Gasteiger charge is -2.47. The summed E-state index contributed by atoms with van der Waals surface area (Å²) in [5, 5.41) is 12.4. The van der Waals surface area contributed by atoms with E-state index in [1.807, 2.05) is 109 Å². The summed E-state index contributed by atoms with van der Waals surface area (Å²) < 4.78 is 39.4. The third kappa shape index (κ3) is 11.8. The van der Waals surface area contributed by atoms with Crippen LogP contribution in [0.3, 0.4) is 0 Å². The fourth-order valence-electron chi connectivity index (χ4n) is 8.64. The van der Waals surface area contributed by atoms with Gasteiger partial charge >= 0.3 is 11.9 Å². The molecule has 1 aromatic carbocycles. The van der Waals surface area contributed by atoms with Gasteiger partial charge in [-0.25, -0.2) is 4.99 Å². The van der Waals surface area contributed by atoms with Gasteiger partial charge in [0.15, 0.2) is 12.4 Å². The molecule has 57 heavy (non-hydrogen) atoms. The Labute approximate surface area is 339 Å². The highest BCUT2D eigenvalue weighted by molar-refractivity contribution is 5.97. The van der Waals surface area contributed by atoms with Crippen molar-refractivity contribution in [3.8, 4) is 0 Å². The van der Waals surface area contributed by atoms with Crippen LogP contribution in [0, 0.1) is 17.8 Å². The van der Waals surface area contributed by atoms with E-state index < -0.39 is 77.5 Å². The van der Waals surface area contributed by atoms with Crippen LogP contribution in [-0.2, 0) is 42.8 Å². The second kappa shape index (κ2) is 20.0. The maximum Gasteiger partial charge on any atom is 0.312 e. The molecule has 0 radical (unpaired) electrons. The maximum atomic E-state index is 13.9.